The van der Waals surface area contributed by atoms with Crippen molar-refractivity contribution in [3.63, 3.8) is 0 Å². The summed E-state index contributed by atoms with van der Waals surface area (Å²) < 4.78 is 10.8. The molecule has 116 valence electrons. The van der Waals surface area contributed by atoms with Gasteiger partial charge in [0, 0.05) is 12.0 Å². The quantitative estimate of drug-likeness (QED) is 0.645. The van der Waals surface area contributed by atoms with E-state index < -0.39 is 0 Å². The number of nitrogens with two attached hydrogens (primary N) is 1. The fourth-order valence-electron chi connectivity index (χ4n) is 2.06. The summed E-state index contributed by atoms with van der Waals surface area (Å²) in [4.78, 5) is 4.45. The number of aliphatic imine (C=N–C) groups is 1. The predicted octanol–water partition coefficient (Wildman–Crippen LogP) is 2.25. The van der Waals surface area contributed by atoms with E-state index in [4.69, 9.17) is 15.2 Å². The molecular formula is C16H25N3O2. The molecule has 1 aromatic rings. The maximum Gasteiger partial charge on any atom is 0.231 e. The normalized spacial score (nSPS) is 14.6. The van der Waals surface area contributed by atoms with Crippen LogP contribution in [0.3, 0.4) is 0 Å². The third-order valence-electron chi connectivity index (χ3n) is 3.49. The summed E-state index contributed by atoms with van der Waals surface area (Å²) >= 11 is 0. The van der Waals surface area contributed by atoms with Crippen LogP contribution in [0.25, 0.3) is 0 Å². The number of rotatable bonds is 5. The fourth-order valence-corrected chi connectivity index (χ4v) is 2.06. The summed E-state index contributed by atoms with van der Waals surface area (Å²) in [5.74, 6) is 2.64. The molecule has 5 heteroatoms. The lowest BCUT2D eigenvalue weighted by Gasteiger charge is -2.23. The summed E-state index contributed by atoms with van der Waals surface area (Å²) in [6, 6.07) is 6.03. The van der Waals surface area contributed by atoms with E-state index in [0.29, 0.717) is 25.2 Å². The van der Waals surface area contributed by atoms with Gasteiger partial charge in [-0.05, 0) is 23.6 Å². The smallest absolute Gasteiger partial charge is 0.231 e. The van der Waals surface area contributed by atoms with Crippen molar-refractivity contribution in [2.75, 3.05) is 19.9 Å². The second kappa shape index (κ2) is 6.24. The Labute approximate surface area is 126 Å². The topological polar surface area (TPSA) is 68.9 Å². The summed E-state index contributed by atoms with van der Waals surface area (Å²) in [6.45, 7) is 10.3. The molecule has 0 aliphatic carbocycles. The van der Waals surface area contributed by atoms with Crippen LogP contribution >= 0.6 is 0 Å². The first-order valence-electron chi connectivity index (χ1n) is 7.32. The predicted molar refractivity (Wildman–Crippen MR) is 84.9 cm³/mol. The fraction of sp³-hybridized carbons (Fsp3) is 0.562. The highest BCUT2D eigenvalue weighted by Crippen LogP contribution is 2.36. The molecule has 5 nitrogen and oxygen atoms in total. The molecule has 0 saturated carbocycles. The largest absolute Gasteiger partial charge is 0.454 e. The lowest BCUT2D eigenvalue weighted by molar-refractivity contribution is 0.174. The van der Waals surface area contributed by atoms with E-state index in [1.165, 1.54) is 0 Å². The van der Waals surface area contributed by atoms with E-state index in [2.05, 4.69) is 44.1 Å². The third kappa shape index (κ3) is 4.03. The van der Waals surface area contributed by atoms with Gasteiger partial charge in [-0.25, -0.2) is 0 Å². The highest BCUT2D eigenvalue weighted by molar-refractivity contribution is 5.77. The Hall–Kier alpha value is -1.91. The molecule has 0 amide bonds. The summed E-state index contributed by atoms with van der Waals surface area (Å²) in [5, 5.41) is 3.13. The standard InChI is InChI=1S/C16H25N3O2/c1-11(2)8-18-15(17)19-9-16(3,4)12-5-6-13-14(7-12)21-10-20-13/h5-7,11H,8-10H2,1-4H3,(H3,17,18,19). The van der Waals surface area contributed by atoms with Crippen molar-refractivity contribution in [1.29, 1.82) is 0 Å². The number of ether oxygens (including phenoxy) is 2. The zero-order valence-electron chi connectivity index (χ0n) is 13.3. The van der Waals surface area contributed by atoms with Gasteiger partial charge in [-0.3, -0.25) is 4.99 Å². The first-order valence-corrected chi connectivity index (χ1v) is 7.32. The number of hydrogen-bond acceptors (Lipinski definition) is 3. The van der Waals surface area contributed by atoms with E-state index in [9.17, 15) is 0 Å². The number of fused-ring (bicyclic) bond motifs is 1. The molecular weight excluding hydrogens is 266 g/mol. The zero-order valence-corrected chi connectivity index (χ0v) is 13.3. The van der Waals surface area contributed by atoms with E-state index in [1.807, 2.05) is 12.1 Å². The van der Waals surface area contributed by atoms with Crippen molar-refractivity contribution >= 4 is 5.96 Å². The zero-order chi connectivity index (χ0) is 15.5. The summed E-state index contributed by atoms with van der Waals surface area (Å²) in [7, 11) is 0. The van der Waals surface area contributed by atoms with Gasteiger partial charge in [-0.2, -0.15) is 0 Å². The van der Waals surface area contributed by atoms with Crippen molar-refractivity contribution < 1.29 is 9.47 Å². The van der Waals surface area contributed by atoms with Crippen LogP contribution in [0.4, 0.5) is 0 Å². The number of guanidine groups is 1. The minimum absolute atomic E-state index is 0.120. The van der Waals surface area contributed by atoms with E-state index in [0.717, 1.165) is 23.6 Å². The molecule has 1 heterocycles. The number of nitrogens with zero attached hydrogens (tertiary/aromatic N) is 1. The van der Waals surface area contributed by atoms with Crippen molar-refractivity contribution in [2.45, 2.75) is 33.1 Å². The molecule has 2 rings (SSSR count). The summed E-state index contributed by atoms with van der Waals surface area (Å²) in [5.41, 5.74) is 6.93. The third-order valence-corrected chi connectivity index (χ3v) is 3.49. The average molecular weight is 291 g/mol. The van der Waals surface area contributed by atoms with Crippen molar-refractivity contribution in [3.05, 3.63) is 23.8 Å². The number of nitrogens with one attached hydrogen (secondary N) is 1. The van der Waals surface area contributed by atoms with Crippen LogP contribution in [-0.2, 0) is 5.41 Å². The van der Waals surface area contributed by atoms with Crippen molar-refractivity contribution in [2.24, 2.45) is 16.6 Å². The van der Waals surface area contributed by atoms with Crippen molar-refractivity contribution in [1.82, 2.24) is 5.32 Å². The molecule has 1 aliphatic heterocycles. The summed E-state index contributed by atoms with van der Waals surface area (Å²) in [6.07, 6.45) is 0. The maximum absolute atomic E-state index is 5.89. The van der Waals surface area contributed by atoms with E-state index in [-0.39, 0.29) is 5.41 Å². The van der Waals surface area contributed by atoms with E-state index in [1.54, 1.807) is 0 Å². The van der Waals surface area contributed by atoms with Gasteiger partial charge in [0.25, 0.3) is 0 Å². The molecule has 0 unspecified atom stereocenters. The second-order valence-electron chi connectivity index (χ2n) is 6.43. The minimum Gasteiger partial charge on any atom is -0.454 e. The number of hydrogen-bond donors (Lipinski definition) is 2. The van der Waals surface area contributed by atoms with Crippen LogP contribution in [0.1, 0.15) is 33.3 Å². The van der Waals surface area contributed by atoms with Crippen LogP contribution in [0.15, 0.2) is 23.2 Å². The number of benzene rings is 1. The minimum atomic E-state index is -0.120. The molecule has 0 fully saturated rings. The Morgan fingerprint density at radius 2 is 2.05 bits per heavy atom. The molecule has 0 atom stereocenters. The highest BCUT2D eigenvalue weighted by Gasteiger charge is 2.23. The molecule has 0 radical (unpaired) electrons. The van der Waals surface area contributed by atoms with Gasteiger partial charge >= 0.3 is 0 Å². The maximum atomic E-state index is 5.89. The second-order valence-corrected chi connectivity index (χ2v) is 6.43. The van der Waals surface area contributed by atoms with Crippen molar-refractivity contribution in [3.8, 4) is 11.5 Å². The lowest BCUT2D eigenvalue weighted by atomic mass is 9.84. The average Bonchev–Trinajstić information content (AvgIpc) is 2.90. The van der Waals surface area contributed by atoms with Crippen LogP contribution in [0.2, 0.25) is 0 Å². The van der Waals surface area contributed by atoms with Gasteiger partial charge in [0.1, 0.15) is 0 Å². The molecule has 0 aromatic heterocycles. The molecule has 1 aliphatic rings. The van der Waals surface area contributed by atoms with Gasteiger partial charge in [0.05, 0.1) is 6.54 Å². The Balaban J connectivity index is 2.02. The van der Waals surface area contributed by atoms with Crippen LogP contribution in [0.5, 0.6) is 11.5 Å². The molecule has 0 bridgehead atoms. The van der Waals surface area contributed by atoms with Gasteiger partial charge in [0.2, 0.25) is 6.79 Å². The van der Waals surface area contributed by atoms with Crippen LogP contribution < -0.4 is 20.5 Å². The Morgan fingerprint density at radius 3 is 2.76 bits per heavy atom. The first kappa shape index (κ1) is 15.5. The molecule has 0 saturated heterocycles. The van der Waals surface area contributed by atoms with Gasteiger partial charge in [-0.1, -0.05) is 33.8 Å². The van der Waals surface area contributed by atoms with Gasteiger partial charge in [-0.15, -0.1) is 0 Å². The highest BCUT2D eigenvalue weighted by atomic mass is 16.7. The van der Waals surface area contributed by atoms with Crippen LogP contribution in [0, 0.1) is 5.92 Å². The SMILES string of the molecule is CC(C)CNC(N)=NCC(C)(C)c1ccc2c(c1)OCO2. The van der Waals surface area contributed by atoms with Gasteiger partial charge in [0.15, 0.2) is 17.5 Å². The molecule has 0 spiro atoms. The van der Waals surface area contributed by atoms with E-state index >= 15 is 0 Å². The molecule has 21 heavy (non-hydrogen) atoms. The molecule has 3 N–H and O–H groups in total. The lowest BCUT2D eigenvalue weighted by Crippen LogP contribution is -2.35. The van der Waals surface area contributed by atoms with Crippen LogP contribution in [-0.4, -0.2) is 25.8 Å². The Bertz CT molecular complexity index is 524. The first-order chi connectivity index (χ1) is 9.88. The Morgan fingerprint density at radius 1 is 1.33 bits per heavy atom. The monoisotopic (exact) mass is 291 g/mol. The van der Waals surface area contributed by atoms with Gasteiger partial charge < -0.3 is 20.5 Å². The molecule has 1 aromatic carbocycles. The Kier molecular flexibility index (Phi) is 4.60.